The average Bonchev–Trinajstić information content (AvgIpc) is 3.07. The molecule has 3 nitrogen and oxygen atoms in total. The van der Waals surface area contributed by atoms with Crippen LogP contribution < -0.4 is 5.56 Å². The van der Waals surface area contributed by atoms with Crippen molar-refractivity contribution in [1.82, 2.24) is 9.38 Å². The third-order valence-electron chi connectivity index (χ3n) is 5.40. The van der Waals surface area contributed by atoms with Gasteiger partial charge in [-0.15, -0.1) is 0 Å². The molecule has 0 saturated carbocycles. The molecule has 0 atom stereocenters. The fourth-order valence-electron chi connectivity index (χ4n) is 4.18. The highest BCUT2D eigenvalue weighted by molar-refractivity contribution is 6.19. The van der Waals surface area contributed by atoms with Gasteiger partial charge in [-0.1, -0.05) is 54.6 Å². The van der Waals surface area contributed by atoms with Gasteiger partial charge in [0.1, 0.15) is 0 Å². The monoisotopic (exact) mass is 346 g/mol. The molecule has 0 spiro atoms. The number of hydrogen-bond donors (Lipinski definition) is 0. The fraction of sp³-hybridized carbons (Fsp3) is 0. The Kier molecular flexibility index (Phi) is 2.75. The summed E-state index contributed by atoms with van der Waals surface area (Å²) in [6, 6.07) is 26.3. The summed E-state index contributed by atoms with van der Waals surface area (Å²) in [6.45, 7) is 0. The second kappa shape index (κ2) is 5.15. The molecule has 0 aliphatic heterocycles. The Hall–Kier alpha value is -3.72. The van der Waals surface area contributed by atoms with Gasteiger partial charge in [-0.2, -0.15) is 0 Å². The molecule has 3 heterocycles. The first-order chi connectivity index (χ1) is 13.3. The van der Waals surface area contributed by atoms with Gasteiger partial charge in [0.15, 0.2) is 0 Å². The van der Waals surface area contributed by atoms with Crippen molar-refractivity contribution < 1.29 is 0 Å². The van der Waals surface area contributed by atoms with E-state index in [9.17, 15) is 4.79 Å². The van der Waals surface area contributed by atoms with Crippen LogP contribution in [-0.4, -0.2) is 9.38 Å². The molecule has 0 aliphatic rings. The van der Waals surface area contributed by atoms with Crippen molar-refractivity contribution in [2.24, 2.45) is 0 Å². The second-order valence-corrected chi connectivity index (χ2v) is 6.84. The summed E-state index contributed by atoms with van der Waals surface area (Å²) in [5, 5.41) is 3.76. The highest BCUT2D eigenvalue weighted by Crippen LogP contribution is 2.34. The predicted molar refractivity (Wildman–Crippen MR) is 111 cm³/mol. The van der Waals surface area contributed by atoms with Crippen LogP contribution in [0.4, 0.5) is 0 Å². The molecule has 0 saturated heterocycles. The molecule has 3 aromatic carbocycles. The third-order valence-corrected chi connectivity index (χ3v) is 5.40. The summed E-state index contributed by atoms with van der Waals surface area (Å²) in [6.07, 6.45) is 1.84. The van der Waals surface area contributed by atoms with Crippen LogP contribution in [0, 0.1) is 0 Å². The Morgan fingerprint density at radius 3 is 2.30 bits per heavy atom. The number of nitrogens with zero attached hydrogens (tertiary/aromatic N) is 2. The minimum atomic E-state index is 0.0126. The predicted octanol–water partition coefficient (Wildman–Crippen LogP) is 5.26. The van der Waals surface area contributed by atoms with Crippen LogP contribution in [0.15, 0.2) is 89.9 Å². The first kappa shape index (κ1) is 14.4. The lowest BCUT2D eigenvalue weighted by molar-refractivity contribution is 1.20. The lowest BCUT2D eigenvalue weighted by Crippen LogP contribution is -2.13. The molecule has 3 heteroatoms. The molecular formula is C24H14N2O. The van der Waals surface area contributed by atoms with E-state index in [2.05, 4.69) is 29.2 Å². The van der Waals surface area contributed by atoms with E-state index in [1.807, 2.05) is 65.2 Å². The van der Waals surface area contributed by atoms with Crippen LogP contribution in [0.2, 0.25) is 0 Å². The fourth-order valence-corrected chi connectivity index (χ4v) is 4.18. The Labute approximate surface area is 154 Å². The van der Waals surface area contributed by atoms with E-state index in [1.54, 1.807) is 0 Å². The van der Waals surface area contributed by atoms with Crippen molar-refractivity contribution in [3.8, 4) is 11.1 Å². The Morgan fingerprint density at radius 1 is 0.667 bits per heavy atom. The van der Waals surface area contributed by atoms with E-state index < -0.39 is 0 Å². The quantitative estimate of drug-likeness (QED) is 0.381. The molecule has 27 heavy (non-hydrogen) atoms. The van der Waals surface area contributed by atoms with Gasteiger partial charge in [0.05, 0.1) is 16.6 Å². The van der Waals surface area contributed by atoms with Crippen molar-refractivity contribution in [2.45, 2.75) is 0 Å². The summed E-state index contributed by atoms with van der Waals surface area (Å²) in [4.78, 5) is 17.9. The van der Waals surface area contributed by atoms with Gasteiger partial charge in [-0.25, -0.2) is 0 Å². The Balaban J connectivity index is 1.86. The largest absolute Gasteiger partial charge is 0.273 e. The van der Waals surface area contributed by atoms with E-state index in [1.165, 1.54) is 5.56 Å². The maximum absolute atomic E-state index is 13.3. The van der Waals surface area contributed by atoms with Gasteiger partial charge < -0.3 is 0 Å². The van der Waals surface area contributed by atoms with Crippen molar-refractivity contribution in [3.05, 3.63) is 95.4 Å². The molecule has 6 rings (SSSR count). The lowest BCUT2D eigenvalue weighted by Gasteiger charge is -2.04. The summed E-state index contributed by atoms with van der Waals surface area (Å²) in [7, 11) is 0. The molecule has 0 bridgehead atoms. The minimum Gasteiger partial charge on any atom is -0.273 e. The topological polar surface area (TPSA) is 34.4 Å². The summed E-state index contributed by atoms with van der Waals surface area (Å²) in [5.41, 5.74) is 5.03. The van der Waals surface area contributed by atoms with Gasteiger partial charge >= 0.3 is 0 Å². The second-order valence-electron chi connectivity index (χ2n) is 6.84. The van der Waals surface area contributed by atoms with Crippen LogP contribution in [0.3, 0.4) is 0 Å². The van der Waals surface area contributed by atoms with Gasteiger partial charge in [-0.3, -0.25) is 14.2 Å². The van der Waals surface area contributed by atoms with Crippen molar-refractivity contribution in [2.75, 3.05) is 0 Å². The normalized spacial score (nSPS) is 11.9. The van der Waals surface area contributed by atoms with E-state index in [0.717, 1.165) is 38.3 Å². The number of benzene rings is 3. The van der Waals surface area contributed by atoms with Gasteiger partial charge in [0.25, 0.3) is 5.56 Å². The molecular weight excluding hydrogens is 332 g/mol. The number of rotatable bonds is 1. The molecule has 126 valence electrons. The maximum Gasteiger partial charge on any atom is 0.263 e. The summed E-state index contributed by atoms with van der Waals surface area (Å²) >= 11 is 0. The Bertz CT molecular complexity index is 1530. The SMILES string of the molecule is O=c1c2ccccc2c2nccc3c4cc(-c5ccccc5)ccc4n1c32. The van der Waals surface area contributed by atoms with Gasteiger partial charge in [-0.05, 0) is 35.4 Å². The number of pyridine rings is 2. The molecule has 0 aliphatic carbocycles. The first-order valence-electron chi connectivity index (χ1n) is 8.95. The number of hydrogen-bond acceptors (Lipinski definition) is 2. The summed E-state index contributed by atoms with van der Waals surface area (Å²) in [5.74, 6) is 0. The van der Waals surface area contributed by atoms with E-state index >= 15 is 0 Å². The van der Waals surface area contributed by atoms with Crippen molar-refractivity contribution in [1.29, 1.82) is 0 Å². The van der Waals surface area contributed by atoms with Gasteiger partial charge in [0, 0.05) is 27.7 Å². The van der Waals surface area contributed by atoms with Crippen LogP contribution in [0.1, 0.15) is 0 Å². The Morgan fingerprint density at radius 2 is 1.44 bits per heavy atom. The smallest absolute Gasteiger partial charge is 0.263 e. The summed E-state index contributed by atoms with van der Waals surface area (Å²) < 4.78 is 1.82. The highest BCUT2D eigenvalue weighted by Gasteiger charge is 2.17. The number of fused-ring (bicyclic) bond motifs is 5. The maximum atomic E-state index is 13.3. The van der Waals surface area contributed by atoms with Crippen LogP contribution in [0.25, 0.3) is 49.2 Å². The van der Waals surface area contributed by atoms with Crippen molar-refractivity contribution >= 4 is 38.1 Å². The molecule has 0 N–H and O–H groups in total. The van der Waals surface area contributed by atoms with E-state index in [0.29, 0.717) is 5.39 Å². The van der Waals surface area contributed by atoms with E-state index in [-0.39, 0.29) is 5.56 Å². The molecule has 3 aromatic heterocycles. The minimum absolute atomic E-state index is 0.0126. The molecule has 0 unspecified atom stereocenters. The zero-order valence-corrected chi connectivity index (χ0v) is 14.4. The molecule has 6 aromatic rings. The van der Waals surface area contributed by atoms with Crippen LogP contribution >= 0.6 is 0 Å². The molecule has 0 amide bonds. The van der Waals surface area contributed by atoms with Crippen LogP contribution in [0.5, 0.6) is 0 Å². The zero-order valence-electron chi connectivity index (χ0n) is 14.4. The van der Waals surface area contributed by atoms with Crippen molar-refractivity contribution in [3.63, 3.8) is 0 Å². The van der Waals surface area contributed by atoms with E-state index in [4.69, 9.17) is 0 Å². The molecule has 0 radical (unpaired) electrons. The first-order valence-corrected chi connectivity index (χ1v) is 8.95. The number of aromatic nitrogens is 2. The zero-order chi connectivity index (χ0) is 18.0. The lowest BCUT2D eigenvalue weighted by atomic mass is 10.0. The standard InChI is InChI=1S/C24H14N2O/c27-24-19-9-5-4-8-17(19)22-23-18(12-13-25-22)20-14-16(10-11-21(20)26(23)24)15-6-2-1-3-7-15/h1-14H. The average molecular weight is 346 g/mol. The van der Waals surface area contributed by atoms with Gasteiger partial charge in [0.2, 0.25) is 0 Å². The molecule has 0 fully saturated rings. The highest BCUT2D eigenvalue weighted by atomic mass is 16.1. The van der Waals surface area contributed by atoms with Crippen LogP contribution in [-0.2, 0) is 0 Å². The third kappa shape index (κ3) is 1.86.